The number of halogens is 3. The van der Waals surface area contributed by atoms with Crippen molar-refractivity contribution >= 4 is 10.1 Å². The van der Waals surface area contributed by atoms with E-state index in [0.29, 0.717) is 11.1 Å². The van der Waals surface area contributed by atoms with Gasteiger partial charge in [-0.3, -0.25) is 0 Å². The number of hydrogen-bond acceptors (Lipinski definition) is 3. The molecule has 0 radical (unpaired) electrons. The zero-order valence-electron chi connectivity index (χ0n) is 13.3. The van der Waals surface area contributed by atoms with Gasteiger partial charge in [-0.05, 0) is 11.1 Å². The normalized spacial score (nSPS) is 12.0. The van der Waals surface area contributed by atoms with Gasteiger partial charge in [-0.1, -0.05) is 78.9 Å². The molecule has 0 aliphatic carbocycles. The van der Waals surface area contributed by atoms with Gasteiger partial charge >= 0.3 is 15.6 Å². The SMILES string of the molecule is O=S(=O)(Oc1c(-c2ccccc2)cccc1-c1ccccc1)C(F)(F)F. The van der Waals surface area contributed by atoms with E-state index in [1.807, 2.05) is 0 Å². The van der Waals surface area contributed by atoms with Crippen molar-refractivity contribution in [3.05, 3.63) is 78.9 Å². The fourth-order valence-electron chi connectivity index (χ4n) is 2.47. The molecule has 3 rings (SSSR count). The van der Waals surface area contributed by atoms with E-state index >= 15 is 0 Å². The standard InChI is InChI=1S/C19H13F3O3S/c20-19(21,22)26(23,24)25-18-16(14-8-3-1-4-9-14)12-7-13-17(18)15-10-5-2-6-11-15/h1-13H. The first-order valence-corrected chi connectivity index (χ1v) is 8.95. The third-order valence-electron chi connectivity index (χ3n) is 3.66. The van der Waals surface area contributed by atoms with Crippen LogP contribution >= 0.6 is 0 Å². The molecule has 3 aromatic rings. The molecule has 0 saturated heterocycles. The van der Waals surface area contributed by atoms with E-state index in [1.54, 1.807) is 66.7 Å². The smallest absolute Gasteiger partial charge is 0.375 e. The monoisotopic (exact) mass is 378 g/mol. The van der Waals surface area contributed by atoms with E-state index in [-0.39, 0.29) is 16.9 Å². The summed E-state index contributed by atoms with van der Waals surface area (Å²) < 4.78 is 66.5. The van der Waals surface area contributed by atoms with Crippen molar-refractivity contribution in [3.63, 3.8) is 0 Å². The van der Waals surface area contributed by atoms with E-state index in [1.165, 1.54) is 12.1 Å². The fourth-order valence-corrected chi connectivity index (χ4v) is 2.97. The molecular weight excluding hydrogens is 365 g/mol. The molecule has 0 aliphatic heterocycles. The van der Waals surface area contributed by atoms with Gasteiger partial charge in [0.2, 0.25) is 0 Å². The summed E-state index contributed by atoms with van der Waals surface area (Å²) in [7, 11) is -5.81. The van der Waals surface area contributed by atoms with Crippen molar-refractivity contribution in [3.8, 4) is 28.0 Å². The Bertz CT molecular complexity index is 941. The number of rotatable bonds is 4. The average molecular weight is 378 g/mol. The zero-order chi connectivity index (χ0) is 18.8. The van der Waals surface area contributed by atoms with Crippen LogP contribution in [0.2, 0.25) is 0 Å². The Morgan fingerprint density at radius 2 is 1.08 bits per heavy atom. The van der Waals surface area contributed by atoms with Gasteiger partial charge in [-0.25, -0.2) is 0 Å². The van der Waals surface area contributed by atoms with Gasteiger partial charge in [0.15, 0.2) is 5.75 Å². The molecule has 0 atom stereocenters. The van der Waals surface area contributed by atoms with Crippen LogP contribution in [0.4, 0.5) is 13.2 Å². The molecular formula is C19H13F3O3S. The highest BCUT2D eigenvalue weighted by Gasteiger charge is 2.49. The van der Waals surface area contributed by atoms with Crippen LogP contribution in [-0.2, 0) is 10.1 Å². The summed E-state index contributed by atoms with van der Waals surface area (Å²) >= 11 is 0. The minimum atomic E-state index is -5.81. The summed E-state index contributed by atoms with van der Waals surface area (Å²) in [5.74, 6) is -0.359. The molecule has 0 spiro atoms. The van der Waals surface area contributed by atoms with E-state index in [2.05, 4.69) is 4.18 Å². The summed E-state index contributed by atoms with van der Waals surface area (Å²) in [4.78, 5) is 0. The molecule has 134 valence electrons. The molecule has 0 amide bonds. The predicted octanol–water partition coefficient (Wildman–Crippen LogP) is 5.25. The van der Waals surface area contributed by atoms with Crippen molar-refractivity contribution in [1.29, 1.82) is 0 Å². The summed E-state index contributed by atoms with van der Waals surface area (Å²) in [6.45, 7) is 0. The topological polar surface area (TPSA) is 43.4 Å². The molecule has 0 heterocycles. The van der Waals surface area contributed by atoms with Crippen LogP contribution in [-0.4, -0.2) is 13.9 Å². The van der Waals surface area contributed by atoms with Crippen LogP contribution in [0.25, 0.3) is 22.3 Å². The minimum absolute atomic E-state index is 0.250. The van der Waals surface area contributed by atoms with Gasteiger partial charge in [-0.15, -0.1) is 0 Å². The number of benzene rings is 3. The first kappa shape index (κ1) is 18.0. The molecule has 7 heteroatoms. The quantitative estimate of drug-likeness (QED) is 0.460. The second kappa shape index (κ2) is 6.84. The Balaban J connectivity index is 2.24. The van der Waals surface area contributed by atoms with Gasteiger partial charge in [0.1, 0.15) is 0 Å². The molecule has 26 heavy (non-hydrogen) atoms. The summed E-state index contributed by atoms with van der Waals surface area (Å²) in [5.41, 5.74) is -3.94. The second-order valence-electron chi connectivity index (χ2n) is 5.40. The Hall–Kier alpha value is -2.80. The van der Waals surface area contributed by atoms with Crippen LogP contribution in [0.5, 0.6) is 5.75 Å². The molecule has 3 aromatic carbocycles. The van der Waals surface area contributed by atoms with Gasteiger partial charge in [0, 0.05) is 11.1 Å². The number of alkyl halides is 3. The van der Waals surface area contributed by atoms with Crippen LogP contribution in [0.1, 0.15) is 0 Å². The van der Waals surface area contributed by atoms with E-state index in [9.17, 15) is 21.6 Å². The van der Waals surface area contributed by atoms with Crippen molar-refractivity contribution in [2.75, 3.05) is 0 Å². The van der Waals surface area contributed by atoms with Crippen LogP contribution in [0.3, 0.4) is 0 Å². The van der Waals surface area contributed by atoms with E-state index < -0.39 is 15.6 Å². The number of hydrogen-bond donors (Lipinski definition) is 0. The summed E-state index contributed by atoms with van der Waals surface area (Å²) in [6, 6.07) is 21.6. The Morgan fingerprint density at radius 3 is 1.46 bits per heavy atom. The van der Waals surface area contributed by atoms with Crippen molar-refractivity contribution in [2.45, 2.75) is 5.51 Å². The van der Waals surface area contributed by atoms with Gasteiger partial charge in [0.25, 0.3) is 0 Å². The molecule has 0 unspecified atom stereocenters. The third kappa shape index (κ3) is 3.57. The molecule has 0 aliphatic rings. The Morgan fingerprint density at radius 1 is 0.654 bits per heavy atom. The molecule has 0 fully saturated rings. The molecule has 0 saturated carbocycles. The van der Waals surface area contributed by atoms with Crippen molar-refractivity contribution in [1.82, 2.24) is 0 Å². The third-order valence-corrected chi connectivity index (χ3v) is 4.61. The highest BCUT2D eigenvalue weighted by molar-refractivity contribution is 7.88. The first-order valence-electron chi connectivity index (χ1n) is 7.54. The second-order valence-corrected chi connectivity index (χ2v) is 6.94. The molecule has 0 N–H and O–H groups in total. The highest BCUT2D eigenvalue weighted by Crippen LogP contribution is 2.41. The Kier molecular flexibility index (Phi) is 4.73. The Labute approximate surface area is 148 Å². The summed E-state index contributed by atoms with van der Waals surface area (Å²) in [5, 5.41) is 0. The predicted molar refractivity (Wildman–Crippen MR) is 92.9 cm³/mol. The van der Waals surface area contributed by atoms with Gasteiger partial charge in [-0.2, -0.15) is 21.6 Å². The molecule has 3 nitrogen and oxygen atoms in total. The average Bonchev–Trinajstić information content (AvgIpc) is 2.62. The van der Waals surface area contributed by atoms with Gasteiger partial charge in [0.05, 0.1) is 0 Å². The fraction of sp³-hybridized carbons (Fsp3) is 0.0526. The lowest BCUT2D eigenvalue weighted by molar-refractivity contribution is -0.0499. The number of para-hydroxylation sites is 1. The largest absolute Gasteiger partial charge is 0.534 e. The zero-order valence-corrected chi connectivity index (χ0v) is 14.1. The highest BCUT2D eigenvalue weighted by atomic mass is 32.2. The first-order chi connectivity index (χ1) is 12.3. The van der Waals surface area contributed by atoms with Crippen molar-refractivity contribution < 1.29 is 25.8 Å². The van der Waals surface area contributed by atoms with Gasteiger partial charge < -0.3 is 4.18 Å². The lowest BCUT2D eigenvalue weighted by Crippen LogP contribution is -2.28. The van der Waals surface area contributed by atoms with E-state index in [4.69, 9.17) is 0 Å². The molecule has 0 aromatic heterocycles. The summed E-state index contributed by atoms with van der Waals surface area (Å²) in [6.07, 6.45) is 0. The maximum Gasteiger partial charge on any atom is 0.534 e. The van der Waals surface area contributed by atoms with Crippen LogP contribution in [0, 0.1) is 0 Å². The van der Waals surface area contributed by atoms with Crippen LogP contribution < -0.4 is 4.18 Å². The van der Waals surface area contributed by atoms with Crippen LogP contribution in [0.15, 0.2) is 78.9 Å². The van der Waals surface area contributed by atoms with E-state index in [0.717, 1.165) is 0 Å². The lowest BCUT2D eigenvalue weighted by Gasteiger charge is -2.17. The van der Waals surface area contributed by atoms with Crippen molar-refractivity contribution in [2.24, 2.45) is 0 Å². The lowest BCUT2D eigenvalue weighted by atomic mass is 9.97. The maximum atomic E-state index is 12.9. The maximum absolute atomic E-state index is 12.9. The minimum Gasteiger partial charge on any atom is -0.375 e. The molecule has 0 bridgehead atoms.